The molecule has 0 radical (unpaired) electrons. The van der Waals surface area contributed by atoms with E-state index in [2.05, 4.69) is 21.0 Å². The molecule has 0 spiro atoms. The first-order valence-corrected chi connectivity index (χ1v) is 13.9. The molecule has 1 aliphatic carbocycles. The van der Waals surface area contributed by atoms with E-state index in [1.54, 1.807) is 44.3 Å². The molecule has 11 heteroatoms. The van der Waals surface area contributed by atoms with Crippen LogP contribution in [-0.4, -0.2) is 49.0 Å². The fourth-order valence-corrected chi connectivity index (χ4v) is 5.41. The quantitative estimate of drug-likeness (QED) is 0.329. The molecule has 1 heterocycles. The highest BCUT2D eigenvalue weighted by Gasteiger charge is 2.30. The zero-order valence-electron chi connectivity index (χ0n) is 25.2. The number of anilines is 2. The maximum Gasteiger partial charge on any atom is 0.248 e. The van der Waals surface area contributed by atoms with Crippen LogP contribution in [0.4, 0.5) is 11.5 Å². The van der Waals surface area contributed by atoms with E-state index in [1.165, 1.54) is 20.1 Å². The van der Waals surface area contributed by atoms with Crippen LogP contribution in [0.1, 0.15) is 50.8 Å². The van der Waals surface area contributed by atoms with E-state index in [0.29, 0.717) is 53.5 Å². The van der Waals surface area contributed by atoms with E-state index in [1.807, 2.05) is 26.0 Å². The molecule has 42 heavy (non-hydrogen) atoms. The van der Waals surface area contributed by atoms with E-state index in [-0.39, 0.29) is 28.8 Å². The molecule has 0 aliphatic heterocycles. The lowest BCUT2D eigenvalue weighted by Gasteiger charge is -2.20. The van der Waals surface area contributed by atoms with Crippen LogP contribution in [0.3, 0.4) is 0 Å². The lowest BCUT2D eigenvalue weighted by molar-refractivity contribution is -0.120. The monoisotopic (exact) mass is 577 g/mol. The van der Waals surface area contributed by atoms with Gasteiger partial charge in [-0.15, -0.1) is 0 Å². The highest BCUT2D eigenvalue weighted by molar-refractivity contribution is 5.96. The number of aryl methyl sites for hydroxylation is 2. The van der Waals surface area contributed by atoms with Gasteiger partial charge in [-0.25, -0.2) is 0 Å². The largest absolute Gasteiger partial charge is 0.493 e. The van der Waals surface area contributed by atoms with E-state index < -0.39 is 12.1 Å². The van der Waals surface area contributed by atoms with Gasteiger partial charge >= 0.3 is 0 Å². The predicted octanol–water partition coefficient (Wildman–Crippen LogP) is 4.06. The molecule has 1 aliphatic rings. The third-order valence-electron chi connectivity index (χ3n) is 7.23. The van der Waals surface area contributed by atoms with Crippen molar-refractivity contribution < 1.29 is 23.8 Å². The van der Waals surface area contributed by atoms with Crippen LogP contribution >= 0.6 is 0 Å². The molecule has 224 valence electrons. The van der Waals surface area contributed by atoms with Gasteiger partial charge in [0.15, 0.2) is 17.3 Å². The normalized spacial score (nSPS) is 14.6. The van der Waals surface area contributed by atoms with Crippen LogP contribution in [-0.2, 0) is 23.1 Å². The lowest BCUT2D eigenvalue weighted by Crippen LogP contribution is -2.37. The van der Waals surface area contributed by atoms with Crippen molar-refractivity contribution in [3.8, 4) is 28.4 Å². The maximum absolute atomic E-state index is 13.7. The SMILES string of the molecule is COc1cc2c(c(OC)c1OC)-c1ccc(N[C@@H](CC(C)C)C(=O)Nc3ccn(C)n3)c(=O)cc1[C@H](NC(C)=O)CC2. The molecular formula is C31H39N5O6. The van der Waals surface area contributed by atoms with Gasteiger partial charge in [0, 0.05) is 31.8 Å². The molecule has 11 nitrogen and oxygen atoms in total. The zero-order valence-corrected chi connectivity index (χ0v) is 25.2. The van der Waals surface area contributed by atoms with Crippen molar-refractivity contribution in [2.24, 2.45) is 13.0 Å². The van der Waals surface area contributed by atoms with Gasteiger partial charge in [-0.2, -0.15) is 5.10 Å². The number of ether oxygens (including phenoxy) is 3. The number of hydrogen-bond donors (Lipinski definition) is 3. The van der Waals surface area contributed by atoms with Crippen molar-refractivity contribution in [1.82, 2.24) is 15.1 Å². The average molecular weight is 578 g/mol. The summed E-state index contributed by atoms with van der Waals surface area (Å²) in [7, 11) is 6.43. The molecule has 3 aromatic rings. The van der Waals surface area contributed by atoms with Crippen LogP contribution in [0.2, 0.25) is 0 Å². The second-order valence-electron chi connectivity index (χ2n) is 10.8. The summed E-state index contributed by atoms with van der Waals surface area (Å²) in [5, 5.41) is 13.3. The first-order chi connectivity index (χ1) is 20.1. The molecule has 0 fully saturated rings. The summed E-state index contributed by atoms with van der Waals surface area (Å²) in [6.07, 6.45) is 3.37. The van der Waals surface area contributed by atoms with E-state index in [0.717, 1.165) is 11.1 Å². The minimum atomic E-state index is -0.695. The van der Waals surface area contributed by atoms with Gasteiger partial charge in [-0.05, 0) is 60.1 Å². The number of methoxy groups -OCH3 is 3. The van der Waals surface area contributed by atoms with Gasteiger partial charge in [0.05, 0.1) is 33.1 Å². The number of benzene rings is 1. The van der Waals surface area contributed by atoms with Gasteiger partial charge in [-0.3, -0.25) is 19.1 Å². The molecule has 3 N–H and O–H groups in total. The summed E-state index contributed by atoms with van der Waals surface area (Å²) in [4.78, 5) is 39.2. The third-order valence-corrected chi connectivity index (χ3v) is 7.23. The molecule has 0 bridgehead atoms. The summed E-state index contributed by atoms with van der Waals surface area (Å²) >= 11 is 0. The Kier molecular flexibility index (Phi) is 9.39. The first kappa shape index (κ1) is 30.4. The Balaban J connectivity index is 1.86. The summed E-state index contributed by atoms with van der Waals surface area (Å²) in [5.41, 5.74) is 2.99. The first-order valence-electron chi connectivity index (χ1n) is 13.9. The standard InChI is InChI=1S/C31H39N5O6/c1-17(2)14-24(31(39)34-27-12-13-36(4)35-27)33-23-11-9-20-21(16-25(23)38)22(32-18(3)37)10-8-19-15-26(40-5)29(41-6)30(42-7)28(19)20/h9,11-13,15-17,22,24H,8,10,14H2,1-7H3,(H,32,37)(H,33,38)(H,34,35,39)/t22-,24+/m1/s1. The van der Waals surface area contributed by atoms with Gasteiger partial charge in [0.1, 0.15) is 6.04 Å². The van der Waals surface area contributed by atoms with Crippen molar-refractivity contribution in [3.05, 3.63) is 57.9 Å². The van der Waals surface area contributed by atoms with Gasteiger partial charge in [0.2, 0.25) is 23.0 Å². The third kappa shape index (κ3) is 6.50. The number of amides is 2. The summed E-state index contributed by atoms with van der Waals surface area (Å²) in [6, 6.07) is 7.53. The Labute approximate surface area is 245 Å². The Morgan fingerprint density at radius 3 is 2.40 bits per heavy atom. The number of nitrogens with one attached hydrogen (secondary N) is 3. The highest BCUT2D eigenvalue weighted by Crippen LogP contribution is 2.50. The molecule has 0 saturated heterocycles. The highest BCUT2D eigenvalue weighted by atomic mass is 16.5. The van der Waals surface area contributed by atoms with Crippen molar-refractivity contribution in [2.45, 2.75) is 52.1 Å². The molecule has 2 aromatic carbocycles. The fraction of sp³-hybridized carbons (Fsp3) is 0.419. The number of aromatic nitrogens is 2. The van der Waals surface area contributed by atoms with Crippen molar-refractivity contribution in [2.75, 3.05) is 32.0 Å². The number of carbonyl (C=O) groups excluding carboxylic acids is 2. The Morgan fingerprint density at radius 1 is 1.07 bits per heavy atom. The molecule has 2 amide bonds. The Hall–Kier alpha value is -4.54. The van der Waals surface area contributed by atoms with E-state index in [4.69, 9.17) is 14.2 Å². The van der Waals surface area contributed by atoms with Crippen molar-refractivity contribution in [1.29, 1.82) is 0 Å². The summed E-state index contributed by atoms with van der Waals surface area (Å²) in [6.45, 7) is 5.48. The molecule has 1 aromatic heterocycles. The number of nitrogens with zero attached hydrogens (tertiary/aromatic N) is 2. The van der Waals surface area contributed by atoms with Crippen LogP contribution in [0.25, 0.3) is 11.1 Å². The number of fused-ring (bicyclic) bond motifs is 3. The zero-order chi connectivity index (χ0) is 30.6. The molecule has 0 saturated carbocycles. The predicted molar refractivity (Wildman–Crippen MR) is 161 cm³/mol. The number of hydrogen-bond acceptors (Lipinski definition) is 8. The smallest absolute Gasteiger partial charge is 0.248 e. The second kappa shape index (κ2) is 13.0. The summed E-state index contributed by atoms with van der Waals surface area (Å²) in [5.74, 6) is 1.51. The maximum atomic E-state index is 13.7. The fourth-order valence-electron chi connectivity index (χ4n) is 5.41. The van der Waals surface area contributed by atoms with E-state index >= 15 is 0 Å². The lowest BCUT2D eigenvalue weighted by atomic mass is 9.95. The molecular weight excluding hydrogens is 538 g/mol. The Bertz CT molecular complexity index is 1530. The van der Waals surface area contributed by atoms with Gasteiger partial charge < -0.3 is 30.2 Å². The molecule has 2 atom stereocenters. The minimum Gasteiger partial charge on any atom is -0.493 e. The van der Waals surface area contributed by atoms with Crippen molar-refractivity contribution >= 4 is 23.3 Å². The minimum absolute atomic E-state index is 0.170. The van der Waals surface area contributed by atoms with Crippen LogP contribution < -0.4 is 35.6 Å². The van der Waals surface area contributed by atoms with Gasteiger partial charge in [-0.1, -0.05) is 19.9 Å². The Morgan fingerprint density at radius 2 is 1.81 bits per heavy atom. The van der Waals surface area contributed by atoms with Gasteiger partial charge in [0.25, 0.3) is 0 Å². The summed E-state index contributed by atoms with van der Waals surface area (Å²) < 4.78 is 18.7. The topological polar surface area (TPSA) is 133 Å². The van der Waals surface area contributed by atoms with E-state index in [9.17, 15) is 14.4 Å². The number of rotatable bonds is 10. The average Bonchev–Trinajstić information content (AvgIpc) is 3.21. The van der Waals surface area contributed by atoms with Crippen molar-refractivity contribution in [3.63, 3.8) is 0 Å². The number of carbonyl (C=O) groups is 2. The molecule has 0 unspecified atom stereocenters. The molecule has 4 rings (SSSR count). The van der Waals surface area contributed by atoms with Crippen LogP contribution in [0.15, 0.2) is 41.3 Å². The van der Waals surface area contributed by atoms with Crippen LogP contribution in [0.5, 0.6) is 17.2 Å². The second-order valence-corrected chi connectivity index (χ2v) is 10.8. The van der Waals surface area contributed by atoms with Crippen LogP contribution in [0, 0.1) is 5.92 Å².